The summed E-state index contributed by atoms with van der Waals surface area (Å²) in [4.78, 5) is 0. The average molecular weight is 299 g/mol. The number of aromatic nitrogens is 3. The van der Waals surface area contributed by atoms with Gasteiger partial charge in [0.1, 0.15) is 12.1 Å². The van der Waals surface area contributed by atoms with Crippen molar-refractivity contribution in [2.24, 2.45) is 0 Å². The zero-order valence-electron chi connectivity index (χ0n) is 11.2. The summed E-state index contributed by atoms with van der Waals surface area (Å²) in [5.74, 6) is 0.694. The molecular formula is C13H15F2N3OS. The lowest BCUT2D eigenvalue weighted by Gasteiger charge is -2.11. The zero-order chi connectivity index (χ0) is 14.5. The molecule has 1 aromatic heterocycles. The molecule has 0 atom stereocenters. The second-order valence-electron chi connectivity index (χ2n) is 4.39. The molecule has 2 rings (SSSR count). The number of benzene rings is 1. The number of thioether (sulfide) groups is 1. The van der Waals surface area contributed by atoms with Crippen molar-refractivity contribution in [3.8, 4) is 5.75 Å². The average Bonchev–Trinajstić information content (AvgIpc) is 2.85. The molecule has 108 valence electrons. The maximum Gasteiger partial charge on any atom is 0.387 e. The summed E-state index contributed by atoms with van der Waals surface area (Å²) >= 11 is 1.44. The zero-order valence-corrected chi connectivity index (χ0v) is 12.0. The molecule has 0 aliphatic heterocycles. The molecule has 20 heavy (non-hydrogen) atoms. The third-order valence-electron chi connectivity index (χ3n) is 2.64. The summed E-state index contributed by atoms with van der Waals surface area (Å²) in [6, 6.07) is 7.01. The fraction of sp³-hybridized carbons (Fsp3) is 0.385. The number of hydrogen-bond acceptors (Lipinski definition) is 4. The van der Waals surface area contributed by atoms with Crippen molar-refractivity contribution in [3.05, 3.63) is 36.2 Å². The Morgan fingerprint density at radius 2 is 2.05 bits per heavy atom. The summed E-state index contributed by atoms with van der Waals surface area (Å²) in [5, 5.41) is 8.65. The van der Waals surface area contributed by atoms with Crippen molar-refractivity contribution in [2.75, 3.05) is 0 Å². The Balaban J connectivity index is 2.09. The summed E-state index contributed by atoms with van der Waals surface area (Å²) < 4.78 is 31.1. The Bertz CT molecular complexity index is 560. The fourth-order valence-corrected chi connectivity index (χ4v) is 2.70. The molecule has 0 saturated heterocycles. The first kappa shape index (κ1) is 14.8. The summed E-state index contributed by atoms with van der Waals surface area (Å²) in [5.41, 5.74) is 0.705. The smallest absolute Gasteiger partial charge is 0.387 e. The van der Waals surface area contributed by atoms with Crippen LogP contribution in [-0.2, 0) is 5.75 Å². The molecule has 0 aliphatic carbocycles. The van der Waals surface area contributed by atoms with E-state index in [0.717, 1.165) is 5.16 Å². The van der Waals surface area contributed by atoms with E-state index in [0.29, 0.717) is 11.3 Å². The number of alkyl halides is 2. The minimum atomic E-state index is -2.82. The third-order valence-corrected chi connectivity index (χ3v) is 3.65. The van der Waals surface area contributed by atoms with Crippen LogP contribution in [0.15, 0.2) is 35.7 Å². The van der Waals surface area contributed by atoms with Gasteiger partial charge in [-0.3, -0.25) is 0 Å². The van der Waals surface area contributed by atoms with Gasteiger partial charge >= 0.3 is 6.61 Å². The number of hydrogen-bond donors (Lipinski definition) is 0. The SMILES string of the molecule is CC(C)n1cnnc1SCc1ccccc1OC(F)F. The highest BCUT2D eigenvalue weighted by molar-refractivity contribution is 7.98. The van der Waals surface area contributed by atoms with Gasteiger partial charge in [-0.25, -0.2) is 0 Å². The van der Waals surface area contributed by atoms with Crippen LogP contribution in [0, 0.1) is 0 Å². The summed E-state index contributed by atoms with van der Waals surface area (Å²) in [6.45, 7) is 1.24. The van der Waals surface area contributed by atoms with Crippen LogP contribution in [0.3, 0.4) is 0 Å². The van der Waals surface area contributed by atoms with Gasteiger partial charge in [0.15, 0.2) is 5.16 Å². The lowest BCUT2D eigenvalue weighted by molar-refractivity contribution is -0.0503. The Morgan fingerprint density at radius 1 is 1.30 bits per heavy atom. The van der Waals surface area contributed by atoms with E-state index in [9.17, 15) is 8.78 Å². The standard InChI is InChI=1S/C13H15F2N3OS/c1-9(2)18-8-16-17-13(18)20-7-10-5-3-4-6-11(10)19-12(14)15/h3-6,8-9,12H,7H2,1-2H3. The van der Waals surface area contributed by atoms with Crippen LogP contribution in [0.2, 0.25) is 0 Å². The topological polar surface area (TPSA) is 39.9 Å². The molecule has 0 bridgehead atoms. The Morgan fingerprint density at radius 3 is 2.75 bits per heavy atom. The van der Waals surface area contributed by atoms with Crippen LogP contribution in [-0.4, -0.2) is 21.4 Å². The maximum atomic E-state index is 12.3. The second-order valence-corrected chi connectivity index (χ2v) is 5.33. The predicted octanol–water partition coefficient (Wildman–Crippen LogP) is 3.75. The number of para-hydroxylation sites is 1. The van der Waals surface area contributed by atoms with Crippen molar-refractivity contribution in [3.63, 3.8) is 0 Å². The Kier molecular flexibility index (Phi) is 4.94. The summed E-state index contributed by atoms with van der Waals surface area (Å²) in [6.07, 6.45) is 1.66. The van der Waals surface area contributed by atoms with Crippen LogP contribution in [0.25, 0.3) is 0 Å². The third kappa shape index (κ3) is 3.69. The monoisotopic (exact) mass is 299 g/mol. The van der Waals surface area contributed by atoms with Gasteiger partial charge in [-0.2, -0.15) is 8.78 Å². The highest BCUT2D eigenvalue weighted by Crippen LogP contribution is 2.28. The van der Waals surface area contributed by atoms with Crippen LogP contribution < -0.4 is 4.74 Å². The fourth-order valence-electron chi connectivity index (χ4n) is 1.67. The molecule has 7 heteroatoms. The molecule has 1 aromatic carbocycles. The lowest BCUT2D eigenvalue weighted by Crippen LogP contribution is -2.04. The van der Waals surface area contributed by atoms with E-state index < -0.39 is 6.61 Å². The van der Waals surface area contributed by atoms with Gasteiger partial charge in [0.2, 0.25) is 0 Å². The van der Waals surface area contributed by atoms with E-state index in [1.54, 1.807) is 24.5 Å². The number of rotatable bonds is 6. The molecule has 0 spiro atoms. The first-order valence-corrected chi connectivity index (χ1v) is 7.11. The molecule has 0 unspecified atom stereocenters. The van der Waals surface area contributed by atoms with Crippen LogP contribution in [0.4, 0.5) is 8.78 Å². The van der Waals surface area contributed by atoms with Crippen molar-refractivity contribution in [1.29, 1.82) is 0 Å². The van der Waals surface area contributed by atoms with E-state index in [1.165, 1.54) is 17.8 Å². The van der Waals surface area contributed by atoms with E-state index in [1.807, 2.05) is 18.4 Å². The highest BCUT2D eigenvalue weighted by atomic mass is 32.2. The molecular weight excluding hydrogens is 284 g/mol. The molecule has 1 heterocycles. The van der Waals surface area contributed by atoms with Gasteiger partial charge in [0.05, 0.1) is 0 Å². The van der Waals surface area contributed by atoms with Crippen molar-refractivity contribution < 1.29 is 13.5 Å². The molecule has 4 nitrogen and oxygen atoms in total. The van der Waals surface area contributed by atoms with Gasteiger partial charge in [-0.15, -0.1) is 10.2 Å². The van der Waals surface area contributed by atoms with Gasteiger partial charge in [-0.1, -0.05) is 30.0 Å². The Hall–Kier alpha value is -1.63. The molecule has 0 radical (unpaired) electrons. The Labute approximate surface area is 120 Å². The molecule has 0 amide bonds. The van der Waals surface area contributed by atoms with Gasteiger partial charge in [0.25, 0.3) is 0 Å². The molecule has 0 N–H and O–H groups in total. The predicted molar refractivity (Wildman–Crippen MR) is 73.0 cm³/mol. The lowest BCUT2D eigenvalue weighted by atomic mass is 10.2. The molecule has 2 aromatic rings. The van der Waals surface area contributed by atoms with Gasteiger partial charge in [0, 0.05) is 17.4 Å². The van der Waals surface area contributed by atoms with Crippen LogP contribution in [0.1, 0.15) is 25.5 Å². The van der Waals surface area contributed by atoms with Crippen LogP contribution >= 0.6 is 11.8 Å². The van der Waals surface area contributed by atoms with E-state index in [4.69, 9.17) is 0 Å². The van der Waals surface area contributed by atoms with Crippen molar-refractivity contribution in [2.45, 2.75) is 37.4 Å². The van der Waals surface area contributed by atoms with E-state index in [2.05, 4.69) is 14.9 Å². The highest BCUT2D eigenvalue weighted by Gasteiger charge is 2.12. The number of halogens is 2. The largest absolute Gasteiger partial charge is 0.435 e. The molecule has 0 aliphatic rings. The van der Waals surface area contributed by atoms with E-state index in [-0.39, 0.29) is 11.8 Å². The van der Waals surface area contributed by atoms with Gasteiger partial charge < -0.3 is 9.30 Å². The quantitative estimate of drug-likeness (QED) is 0.762. The minimum Gasteiger partial charge on any atom is -0.435 e. The minimum absolute atomic E-state index is 0.200. The first-order chi connectivity index (χ1) is 9.58. The molecule has 0 fully saturated rings. The summed E-state index contributed by atoms with van der Waals surface area (Å²) in [7, 11) is 0. The molecule has 0 saturated carbocycles. The van der Waals surface area contributed by atoms with Crippen molar-refractivity contribution >= 4 is 11.8 Å². The second kappa shape index (κ2) is 6.69. The van der Waals surface area contributed by atoms with Gasteiger partial charge in [-0.05, 0) is 19.9 Å². The maximum absolute atomic E-state index is 12.3. The first-order valence-electron chi connectivity index (χ1n) is 6.13. The van der Waals surface area contributed by atoms with Crippen LogP contribution in [0.5, 0.6) is 5.75 Å². The van der Waals surface area contributed by atoms with Crippen molar-refractivity contribution in [1.82, 2.24) is 14.8 Å². The number of nitrogens with zero attached hydrogens (tertiary/aromatic N) is 3. The number of ether oxygens (including phenoxy) is 1. The van der Waals surface area contributed by atoms with E-state index >= 15 is 0 Å². The normalized spacial score (nSPS) is 11.3.